The van der Waals surface area contributed by atoms with Gasteiger partial charge in [0.05, 0.1) is 12.2 Å². The number of hydrogen-bond donors (Lipinski definition) is 1. The van der Waals surface area contributed by atoms with Gasteiger partial charge in [-0.3, -0.25) is 4.98 Å². The largest absolute Gasteiger partial charge is 0.370 e. The van der Waals surface area contributed by atoms with Crippen molar-refractivity contribution < 1.29 is 0 Å². The lowest BCUT2D eigenvalue weighted by Gasteiger charge is -2.35. The van der Waals surface area contributed by atoms with Crippen molar-refractivity contribution in [2.24, 2.45) is 10.7 Å². The molecule has 1 aliphatic heterocycles. The number of piperazine rings is 1. The Morgan fingerprint density at radius 2 is 1.70 bits per heavy atom. The first-order chi connectivity index (χ1) is 10.8. The van der Waals surface area contributed by atoms with Gasteiger partial charge < -0.3 is 15.5 Å². The quantitative estimate of drug-likeness (QED) is 0.451. The van der Waals surface area contributed by atoms with Crippen molar-refractivity contribution >= 4 is 35.9 Å². The minimum absolute atomic E-state index is 0. The summed E-state index contributed by atoms with van der Waals surface area (Å²) in [5.41, 5.74) is 7.00. The summed E-state index contributed by atoms with van der Waals surface area (Å²) in [7, 11) is 0. The highest BCUT2D eigenvalue weighted by Crippen LogP contribution is 2.09. The Hall–Kier alpha value is -1.97. The number of hydrogen-bond acceptors (Lipinski definition) is 5. The predicted molar refractivity (Wildman–Crippen MR) is 101 cm³/mol. The van der Waals surface area contributed by atoms with Crippen LogP contribution < -0.4 is 10.6 Å². The lowest BCUT2D eigenvalue weighted by Crippen LogP contribution is -2.51. The standard InChI is InChI=1S/C15H19N7.HI/c16-14(20-12-13-4-1-2-5-17-13)21-8-10-22(11-9-21)15-18-6-3-7-19-15;/h1-7H,8-12H2,(H2,16,20);1H. The molecule has 2 N–H and O–H groups in total. The van der Waals surface area contributed by atoms with Gasteiger partial charge >= 0.3 is 0 Å². The smallest absolute Gasteiger partial charge is 0.225 e. The third-order valence-electron chi connectivity index (χ3n) is 3.57. The van der Waals surface area contributed by atoms with Crippen molar-refractivity contribution in [3.8, 4) is 0 Å². The lowest BCUT2D eigenvalue weighted by molar-refractivity contribution is 0.378. The Morgan fingerprint density at radius 1 is 1.00 bits per heavy atom. The second-order valence-electron chi connectivity index (χ2n) is 5.02. The summed E-state index contributed by atoms with van der Waals surface area (Å²) in [5, 5.41) is 0. The van der Waals surface area contributed by atoms with E-state index >= 15 is 0 Å². The molecule has 122 valence electrons. The van der Waals surface area contributed by atoms with Gasteiger partial charge in [-0.1, -0.05) is 6.07 Å². The highest BCUT2D eigenvalue weighted by Gasteiger charge is 2.19. The predicted octanol–water partition coefficient (Wildman–Crippen LogP) is 1.13. The number of guanidine groups is 1. The van der Waals surface area contributed by atoms with Gasteiger partial charge in [0.15, 0.2) is 5.96 Å². The zero-order valence-corrected chi connectivity index (χ0v) is 15.1. The summed E-state index contributed by atoms with van der Waals surface area (Å²) in [6.45, 7) is 3.81. The summed E-state index contributed by atoms with van der Waals surface area (Å²) in [4.78, 5) is 21.5. The van der Waals surface area contributed by atoms with E-state index in [1.54, 1.807) is 18.6 Å². The zero-order chi connectivity index (χ0) is 15.2. The molecule has 23 heavy (non-hydrogen) atoms. The van der Waals surface area contributed by atoms with E-state index in [9.17, 15) is 0 Å². The van der Waals surface area contributed by atoms with Crippen molar-refractivity contribution in [2.75, 3.05) is 31.1 Å². The van der Waals surface area contributed by atoms with E-state index in [4.69, 9.17) is 5.73 Å². The van der Waals surface area contributed by atoms with Crippen LogP contribution in [0.1, 0.15) is 5.69 Å². The molecule has 0 atom stereocenters. The average Bonchev–Trinajstić information content (AvgIpc) is 2.61. The van der Waals surface area contributed by atoms with Gasteiger partial charge in [-0.2, -0.15) is 0 Å². The summed E-state index contributed by atoms with van der Waals surface area (Å²) in [5.74, 6) is 1.34. The maximum Gasteiger partial charge on any atom is 0.225 e. The Morgan fingerprint density at radius 3 is 2.35 bits per heavy atom. The zero-order valence-electron chi connectivity index (χ0n) is 12.7. The van der Waals surface area contributed by atoms with Gasteiger partial charge in [0.2, 0.25) is 5.95 Å². The van der Waals surface area contributed by atoms with Gasteiger partial charge in [0.1, 0.15) is 0 Å². The second-order valence-corrected chi connectivity index (χ2v) is 5.02. The van der Waals surface area contributed by atoms with Crippen LogP contribution in [-0.4, -0.2) is 52.0 Å². The fraction of sp³-hybridized carbons (Fsp3) is 0.333. The molecule has 3 rings (SSSR count). The second kappa shape index (κ2) is 8.61. The Bertz CT molecular complexity index is 612. The number of aromatic nitrogens is 3. The molecule has 2 aromatic rings. The fourth-order valence-corrected chi connectivity index (χ4v) is 2.34. The van der Waals surface area contributed by atoms with Crippen LogP contribution in [0.4, 0.5) is 5.95 Å². The van der Waals surface area contributed by atoms with Crippen LogP contribution in [0, 0.1) is 0 Å². The maximum atomic E-state index is 6.08. The van der Waals surface area contributed by atoms with Gasteiger partial charge in [-0.05, 0) is 18.2 Å². The molecule has 1 aliphatic rings. The molecule has 8 heteroatoms. The number of nitrogens with two attached hydrogens (primary N) is 1. The molecule has 0 bridgehead atoms. The van der Waals surface area contributed by atoms with E-state index in [0.717, 1.165) is 37.8 Å². The minimum Gasteiger partial charge on any atom is -0.370 e. The first kappa shape index (κ1) is 17.4. The molecule has 3 heterocycles. The average molecular weight is 425 g/mol. The Kier molecular flexibility index (Phi) is 6.51. The monoisotopic (exact) mass is 425 g/mol. The summed E-state index contributed by atoms with van der Waals surface area (Å²) < 4.78 is 0. The van der Waals surface area contributed by atoms with Crippen LogP contribution >= 0.6 is 24.0 Å². The molecular weight excluding hydrogens is 405 g/mol. The molecule has 0 spiro atoms. The van der Waals surface area contributed by atoms with Gasteiger partial charge in [-0.15, -0.1) is 24.0 Å². The number of pyridine rings is 1. The van der Waals surface area contributed by atoms with E-state index < -0.39 is 0 Å². The van der Waals surface area contributed by atoms with Crippen molar-refractivity contribution in [1.82, 2.24) is 19.9 Å². The summed E-state index contributed by atoms with van der Waals surface area (Å²) in [6, 6.07) is 7.61. The van der Waals surface area contributed by atoms with Crippen molar-refractivity contribution in [1.29, 1.82) is 0 Å². The number of anilines is 1. The molecule has 1 saturated heterocycles. The van der Waals surface area contributed by atoms with Gasteiger partial charge in [-0.25, -0.2) is 15.0 Å². The molecule has 0 radical (unpaired) electrons. The van der Waals surface area contributed by atoms with E-state index in [0.29, 0.717) is 12.5 Å². The number of rotatable bonds is 3. The molecule has 0 amide bonds. The third kappa shape index (κ3) is 4.75. The molecule has 2 aromatic heterocycles. The number of halogens is 1. The van der Waals surface area contributed by atoms with Gasteiger partial charge in [0, 0.05) is 44.8 Å². The van der Waals surface area contributed by atoms with Crippen molar-refractivity contribution in [2.45, 2.75) is 6.54 Å². The van der Waals surface area contributed by atoms with Crippen molar-refractivity contribution in [3.63, 3.8) is 0 Å². The Labute approximate surface area is 152 Å². The van der Waals surface area contributed by atoms with E-state index in [1.807, 2.05) is 24.3 Å². The molecule has 7 nitrogen and oxygen atoms in total. The Balaban J connectivity index is 0.00000192. The SMILES string of the molecule is I.NC(=NCc1ccccn1)N1CCN(c2ncccn2)CC1. The van der Waals surface area contributed by atoms with Crippen LogP contribution in [0.2, 0.25) is 0 Å². The van der Waals surface area contributed by atoms with E-state index in [2.05, 4.69) is 29.7 Å². The van der Waals surface area contributed by atoms with Crippen LogP contribution in [-0.2, 0) is 6.54 Å². The van der Waals surface area contributed by atoms with E-state index in [1.165, 1.54) is 0 Å². The van der Waals surface area contributed by atoms with Gasteiger partial charge in [0.25, 0.3) is 0 Å². The molecule has 0 saturated carbocycles. The first-order valence-electron chi connectivity index (χ1n) is 7.29. The number of nitrogens with zero attached hydrogens (tertiary/aromatic N) is 6. The molecular formula is C15H20IN7. The first-order valence-corrected chi connectivity index (χ1v) is 7.29. The number of aliphatic imine (C=N–C) groups is 1. The lowest BCUT2D eigenvalue weighted by atomic mass is 10.3. The fourth-order valence-electron chi connectivity index (χ4n) is 2.34. The van der Waals surface area contributed by atoms with Crippen LogP contribution in [0.25, 0.3) is 0 Å². The van der Waals surface area contributed by atoms with E-state index in [-0.39, 0.29) is 24.0 Å². The van der Waals surface area contributed by atoms with Crippen molar-refractivity contribution in [3.05, 3.63) is 48.5 Å². The molecule has 0 unspecified atom stereocenters. The molecule has 0 aromatic carbocycles. The van der Waals surface area contributed by atoms with Crippen LogP contribution in [0.15, 0.2) is 47.8 Å². The summed E-state index contributed by atoms with van der Waals surface area (Å²) in [6.07, 6.45) is 5.29. The van der Waals surface area contributed by atoms with Crippen LogP contribution in [0.3, 0.4) is 0 Å². The normalized spacial score (nSPS) is 15.2. The van der Waals surface area contributed by atoms with Crippen LogP contribution in [0.5, 0.6) is 0 Å². The topological polar surface area (TPSA) is 83.5 Å². The minimum atomic E-state index is 0. The summed E-state index contributed by atoms with van der Waals surface area (Å²) >= 11 is 0. The molecule has 1 fully saturated rings. The molecule has 0 aliphatic carbocycles. The maximum absolute atomic E-state index is 6.08. The highest BCUT2D eigenvalue weighted by atomic mass is 127. The highest BCUT2D eigenvalue weighted by molar-refractivity contribution is 14.0. The third-order valence-corrected chi connectivity index (χ3v) is 3.57.